The van der Waals surface area contributed by atoms with Crippen molar-refractivity contribution in [2.45, 2.75) is 30.8 Å². The number of allylic oxidation sites excluding steroid dienone is 1. The van der Waals surface area contributed by atoms with Crippen LogP contribution in [0.15, 0.2) is 95.3 Å². The number of anilines is 1. The van der Waals surface area contributed by atoms with Crippen molar-refractivity contribution in [3.8, 4) is 11.1 Å². The molecule has 5 rings (SSSR count). The van der Waals surface area contributed by atoms with Crippen molar-refractivity contribution in [1.29, 1.82) is 0 Å². The van der Waals surface area contributed by atoms with E-state index in [9.17, 15) is 9.59 Å². The fourth-order valence-corrected chi connectivity index (χ4v) is 5.25. The number of esters is 2. The van der Waals surface area contributed by atoms with Gasteiger partial charge in [0.15, 0.2) is 0 Å². The molecule has 0 saturated heterocycles. The molecule has 0 radical (unpaired) electrons. The molecule has 1 N–H and O–H groups in total. The number of thioether (sulfide) groups is 1. The number of ether oxygens (including phenoxy) is 2. The van der Waals surface area contributed by atoms with Crippen LogP contribution < -0.4 is 5.32 Å². The summed E-state index contributed by atoms with van der Waals surface area (Å²) in [6.07, 6.45) is 0. The van der Waals surface area contributed by atoms with E-state index in [4.69, 9.17) is 19.6 Å². The molecule has 0 saturated carbocycles. The van der Waals surface area contributed by atoms with Gasteiger partial charge in [-0.2, -0.15) is 4.98 Å². The lowest BCUT2D eigenvalue weighted by Crippen LogP contribution is -2.29. The van der Waals surface area contributed by atoms with Gasteiger partial charge < -0.3 is 14.8 Å². The van der Waals surface area contributed by atoms with Gasteiger partial charge in [0.1, 0.15) is 6.04 Å². The van der Waals surface area contributed by atoms with Gasteiger partial charge in [0.05, 0.1) is 24.9 Å². The summed E-state index contributed by atoms with van der Waals surface area (Å²) in [6.45, 7) is 3.84. The van der Waals surface area contributed by atoms with E-state index in [0.717, 1.165) is 11.1 Å². The van der Waals surface area contributed by atoms with E-state index >= 15 is 0 Å². The Balaban J connectivity index is 1.40. The van der Waals surface area contributed by atoms with E-state index in [1.807, 2.05) is 25.1 Å². The van der Waals surface area contributed by atoms with Gasteiger partial charge in [0.2, 0.25) is 11.1 Å². The average Bonchev–Trinajstić information content (AvgIpc) is 3.38. The molecular formula is C30H28N4O4S. The summed E-state index contributed by atoms with van der Waals surface area (Å²) in [4.78, 5) is 29.7. The number of hydrogen-bond acceptors (Lipinski definition) is 8. The average molecular weight is 541 g/mol. The van der Waals surface area contributed by atoms with Crippen LogP contribution in [0.25, 0.3) is 11.1 Å². The Bertz CT molecular complexity index is 1510. The zero-order chi connectivity index (χ0) is 27.4. The summed E-state index contributed by atoms with van der Waals surface area (Å²) in [7, 11) is 1.34. The van der Waals surface area contributed by atoms with Crippen LogP contribution in [0.4, 0.5) is 5.95 Å². The second kappa shape index (κ2) is 11.6. The van der Waals surface area contributed by atoms with Gasteiger partial charge in [-0.25, -0.2) is 14.3 Å². The minimum atomic E-state index is -0.570. The van der Waals surface area contributed by atoms with Crippen molar-refractivity contribution in [3.63, 3.8) is 0 Å². The zero-order valence-electron chi connectivity index (χ0n) is 21.9. The zero-order valence-corrected chi connectivity index (χ0v) is 22.7. The highest BCUT2D eigenvalue weighted by molar-refractivity contribution is 7.98. The van der Waals surface area contributed by atoms with Crippen molar-refractivity contribution in [2.75, 3.05) is 19.0 Å². The van der Waals surface area contributed by atoms with Gasteiger partial charge in [0.25, 0.3) is 0 Å². The number of aromatic nitrogens is 3. The molecule has 39 heavy (non-hydrogen) atoms. The van der Waals surface area contributed by atoms with Gasteiger partial charge >= 0.3 is 11.9 Å². The Morgan fingerprint density at radius 2 is 1.64 bits per heavy atom. The van der Waals surface area contributed by atoms with Gasteiger partial charge in [-0.05, 0) is 48.2 Å². The summed E-state index contributed by atoms with van der Waals surface area (Å²) in [5.74, 6) is 0.359. The second-order valence-electron chi connectivity index (χ2n) is 8.91. The Hall–Kier alpha value is -4.37. The van der Waals surface area contributed by atoms with Gasteiger partial charge in [-0.3, -0.25) is 0 Å². The second-order valence-corrected chi connectivity index (χ2v) is 9.86. The number of carbonyl (C=O) groups is 2. The monoisotopic (exact) mass is 540 g/mol. The molecule has 1 aliphatic rings. The Kier molecular flexibility index (Phi) is 7.79. The topological polar surface area (TPSA) is 95.3 Å². The van der Waals surface area contributed by atoms with Crippen LogP contribution in [0.1, 0.15) is 41.4 Å². The quantitative estimate of drug-likeness (QED) is 0.219. The predicted molar refractivity (Wildman–Crippen MR) is 150 cm³/mol. The summed E-state index contributed by atoms with van der Waals surface area (Å²) >= 11 is 1.52. The molecule has 9 heteroatoms. The third-order valence-corrected chi connectivity index (χ3v) is 7.31. The van der Waals surface area contributed by atoms with E-state index in [2.05, 4.69) is 41.7 Å². The lowest BCUT2D eigenvalue weighted by atomic mass is 9.95. The lowest BCUT2D eigenvalue weighted by molar-refractivity contribution is -0.139. The van der Waals surface area contributed by atoms with Gasteiger partial charge in [-0.15, -0.1) is 5.10 Å². The van der Waals surface area contributed by atoms with Crippen LogP contribution in [0.2, 0.25) is 0 Å². The van der Waals surface area contributed by atoms with Gasteiger partial charge in [0, 0.05) is 11.4 Å². The molecule has 1 aliphatic heterocycles. The molecular weight excluding hydrogens is 512 g/mol. The molecule has 0 unspecified atom stereocenters. The number of nitrogens with zero attached hydrogens (tertiary/aromatic N) is 3. The fraction of sp³-hybridized carbons (Fsp3) is 0.200. The first kappa shape index (κ1) is 26.2. The number of rotatable bonds is 8. The van der Waals surface area contributed by atoms with E-state index < -0.39 is 18.0 Å². The van der Waals surface area contributed by atoms with Crippen LogP contribution in [0.5, 0.6) is 0 Å². The number of fused-ring (bicyclic) bond motifs is 1. The number of nitrogens with one attached hydrogen (secondary N) is 1. The third-order valence-electron chi connectivity index (χ3n) is 6.41. The lowest BCUT2D eigenvalue weighted by Gasteiger charge is -2.28. The molecule has 198 valence electrons. The van der Waals surface area contributed by atoms with Crippen LogP contribution >= 0.6 is 11.8 Å². The first-order valence-corrected chi connectivity index (χ1v) is 13.5. The van der Waals surface area contributed by atoms with Crippen molar-refractivity contribution >= 4 is 29.6 Å². The molecule has 0 spiro atoms. The number of hydrogen-bond donors (Lipinski definition) is 1. The highest BCUT2D eigenvalue weighted by Crippen LogP contribution is 2.37. The molecule has 1 aromatic heterocycles. The Morgan fingerprint density at radius 3 is 2.31 bits per heavy atom. The van der Waals surface area contributed by atoms with E-state index in [1.165, 1.54) is 30.0 Å². The van der Waals surface area contributed by atoms with E-state index in [-0.39, 0.29) is 6.61 Å². The van der Waals surface area contributed by atoms with Gasteiger partial charge in [-0.1, -0.05) is 78.5 Å². The van der Waals surface area contributed by atoms with Crippen molar-refractivity contribution < 1.29 is 19.1 Å². The summed E-state index contributed by atoms with van der Waals surface area (Å²) in [5, 5.41) is 8.56. The molecule has 1 atom stereocenters. The van der Waals surface area contributed by atoms with Crippen LogP contribution in [0.3, 0.4) is 0 Å². The molecule has 0 fully saturated rings. The minimum absolute atomic E-state index is 0.248. The van der Waals surface area contributed by atoms with E-state index in [1.54, 1.807) is 35.9 Å². The maximum Gasteiger partial charge on any atom is 0.338 e. The summed E-state index contributed by atoms with van der Waals surface area (Å²) < 4.78 is 11.9. The van der Waals surface area contributed by atoms with Crippen molar-refractivity contribution in [3.05, 3.63) is 107 Å². The highest BCUT2D eigenvalue weighted by atomic mass is 32.2. The minimum Gasteiger partial charge on any atom is -0.465 e. The Labute approximate surface area is 231 Å². The summed E-state index contributed by atoms with van der Waals surface area (Å²) in [5.41, 5.74) is 5.76. The highest BCUT2D eigenvalue weighted by Gasteiger charge is 2.35. The number of benzene rings is 3. The number of methoxy groups -OCH3 is 1. The first-order chi connectivity index (χ1) is 19.0. The molecule has 2 heterocycles. The predicted octanol–water partition coefficient (Wildman–Crippen LogP) is 5.88. The fourth-order valence-electron chi connectivity index (χ4n) is 4.47. The van der Waals surface area contributed by atoms with Crippen molar-refractivity contribution in [1.82, 2.24) is 14.8 Å². The van der Waals surface area contributed by atoms with Crippen LogP contribution in [-0.2, 0) is 20.0 Å². The number of carbonyl (C=O) groups excluding carboxylic acids is 2. The third kappa shape index (κ3) is 5.58. The first-order valence-electron chi connectivity index (χ1n) is 12.6. The molecule has 3 aromatic carbocycles. The SMILES string of the molecule is CCOC(=O)C1=C(C)Nc2nc(SCc3ccc(-c4ccccc4)cc3)nn2[C@@H]1c1ccc(C(=O)OC)cc1. The normalized spacial score (nSPS) is 14.4. The largest absolute Gasteiger partial charge is 0.465 e. The molecule has 8 nitrogen and oxygen atoms in total. The molecule has 0 aliphatic carbocycles. The maximum atomic E-state index is 13.0. The Morgan fingerprint density at radius 1 is 0.949 bits per heavy atom. The van der Waals surface area contributed by atoms with Crippen LogP contribution in [0, 0.1) is 0 Å². The summed E-state index contributed by atoms with van der Waals surface area (Å²) in [6, 6.07) is 25.1. The molecule has 0 amide bonds. The molecule has 4 aromatic rings. The smallest absolute Gasteiger partial charge is 0.338 e. The van der Waals surface area contributed by atoms with E-state index in [0.29, 0.717) is 33.7 Å². The van der Waals surface area contributed by atoms with Crippen LogP contribution in [-0.4, -0.2) is 40.4 Å². The van der Waals surface area contributed by atoms with Crippen molar-refractivity contribution in [2.24, 2.45) is 0 Å². The maximum absolute atomic E-state index is 13.0. The standard InChI is InChI=1S/C30H28N4O4S/c1-4-38-28(36)25-19(2)31-29-32-30(33-34(29)26(25)23-14-16-24(17-15-23)27(35)37-3)39-18-20-10-12-22(13-11-20)21-8-6-5-7-9-21/h5-17,26H,4,18H2,1-3H3,(H,31,32,33)/t26-/m1/s1. The molecule has 0 bridgehead atoms.